The van der Waals surface area contributed by atoms with Gasteiger partial charge in [0.25, 0.3) is 0 Å². The fraction of sp³-hybridized carbons (Fsp3) is 0.533. The smallest absolute Gasteiger partial charge is 0.178 e. The molecular weight excluding hydrogens is 244 g/mol. The van der Waals surface area contributed by atoms with Crippen molar-refractivity contribution < 1.29 is 8.42 Å². The Bertz CT molecular complexity index is 482. The van der Waals surface area contributed by atoms with Crippen molar-refractivity contribution in [2.75, 3.05) is 5.75 Å². The molecule has 0 amide bonds. The zero-order chi connectivity index (χ0) is 13.2. The highest BCUT2D eigenvalue weighted by molar-refractivity contribution is 7.91. The van der Waals surface area contributed by atoms with Crippen molar-refractivity contribution in [1.29, 1.82) is 0 Å². The highest BCUT2D eigenvalue weighted by atomic mass is 32.2. The lowest BCUT2D eigenvalue weighted by molar-refractivity contribution is 0.491. The van der Waals surface area contributed by atoms with Crippen LogP contribution in [0.4, 0.5) is 0 Å². The van der Waals surface area contributed by atoms with Gasteiger partial charge in [-0.2, -0.15) is 0 Å². The van der Waals surface area contributed by atoms with Gasteiger partial charge in [0, 0.05) is 0 Å². The van der Waals surface area contributed by atoms with Crippen LogP contribution in [0.3, 0.4) is 0 Å². The third kappa shape index (κ3) is 2.77. The summed E-state index contributed by atoms with van der Waals surface area (Å²) >= 11 is 0. The zero-order valence-corrected chi connectivity index (χ0v) is 11.7. The normalized spacial score (nSPS) is 19.0. The first-order valence-electron chi connectivity index (χ1n) is 6.70. The Kier molecular flexibility index (Phi) is 4.10. The van der Waals surface area contributed by atoms with E-state index in [1.165, 1.54) is 25.7 Å². The predicted molar refractivity (Wildman–Crippen MR) is 74.2 cm³/mol. The summed E-state index contributed by atoms with van der Waals surface area (Å²) in [5, 5.41) is 0. The fourth-order valence-corrected chi connectivity index (χ4v) is 3.61. The second kappa shape index (κ2) is 5.43. The first-order valence-corrected chi connectivity index (χ1v) is 8.35. The van der Waals surface area contributed by atoms with E-state index in [4.69, 9.17) is 0 Å². The molecule has 1 aliphatic carbocycles. The molecule has 99 valence electrons. The van der Waals surface area contributed by atoms with E-state index in [-0.39, 0.29) is 5.75 Å². The maximum atomic E-state index is 11.7. The molecule has 3 heteroatoms. The van der Waals surface area contributed by atoms with Crippen LogP contribution in [0.15, 0.2) is 29.2 Å². The Morgan fingerprint density at radius 1 is 1.22 bits per heavy atom. The molecule has 0 aliphatic heterocycles. The van der Waals surface area contributed by atoms with Gasteiger partial charge in [-0.3, -0.25) is 0 Å². The predicted octanol–water partition coefficient (Wildman–Crippen LogP) is 3.59. The lowest BCUT2D eigenvalue weighted by atomic mass is 9.87. The summed E-state index contributed by atoms with van der Waals surface area (Å²) in [6, 6.07) is 7.31. The molecule has 2 nitrogen and oxygen atoms in total. The van der Waals surface area contributed by atoms with Gasteiger partial charge in [-0.25, -0.2) is 8.42 Å². The van der Waals surface area contributed by atoms with Gasteiger partial charge in [0.05, 0.1) is 10.6 Å². The van der Waals surface area contributed by atoms with Crippen LogP contribution in [0.1, 0.15) is 44.1 Å². The summed E-state index contributed by atoms with van der Waals surface area (Å²) in [7, 11) is -3.08. The van der Waals surface area contributed by atoms with Gasteiger partial charge in [0.15, 0.2) is 9.84 Å². The maximum absolute atomic E-state index is 11.7. The number of rotatable bonds is 4. The first kappa shape index (κ1) is 13.6. The summed E-state index contributed by atoms with van der Waals surface area (Å²) in [4.78, 5) is 0.423. The Morgan fingerprint density at radius 2 is 1.78 bits per heavy atom. The summed E-state index contributed by atoms with van der Waals surface area (Å²) in [6.07, 6.45) is 5.12. The summed E-state index contributed by atoms with van der Waals surface area (Å²) < 4.78 is 23.4. The SMILES string of the molecule is [CH2]C(c1ccc(S(=O)(=O)CC)cc1)C1CCCC1. The molecule has 1 radical (unpaired) electrons. The average Bonchev–Trinajstić information content (AvgIpc) is 2.92. The lowest BCUT2D eigenvalue weighted by Crippen LogP contribution is -2.07. The number of sulfone groups is 1. The van der Waals surface area contributed by atoms with Gasteiger partial charge in [-0.05, 0) is 49.3 Å². The molecule has 0 aromatic heterocycles. The molecule has 1 aliphatic rings. The Balaban J connectivity index is 2.17. The highest BCUT2D eigenvalue weighted by Crippen LogP contribution is 2.36. The largest absolute Gasteiger partial charge is 0.224 e. The third-order valence-electron chi connectivity index (χ3n) is 4.02. The average molecular weight is 265 g/mol. The molecule has 1 aromatic carbocycles. The van der Waals surface area contributed by atoms with Gasteiger partial charge in [0.2, 0.25) is 0 Å². The van der Waals surface area contributed by atoms with Crippen molar-refractivity contribution in [1.82, 2.24) is 0 Å². The maximum Gasteiger partial charge on any atom is 0.178 e. The molecule has 1 aromatic rings. The lowest BCUT2D eigenvalue weighted by Gasteiger charge is -2.19. The molecule has 18 heavy (non-hydrogen) atoms. The zero-order valence-electron chi connectivity index (χ0n) is 10.9. The van der Waals surface area contributed by atoms with Crippen LogP contribution < -0.4 is 0 Å². The van der Waals surface area contributed by atoms with Crippen LogP contribution in [-0.2, 0) is 9.84 Å². The van der Waals surface area contributed by atoms with Crippen molar-refractivity contribution in [2.24, 2.45) is 5.92 Å². The molecule has 2 rings (SSSR count). The van der Waals surface area contributed by atoms with Crippen LogP contribution in [0, 0.1) is 12.8 Å². The molecule has 1 atom stereocenters. The Labute approximate surface area is 110 Å². The minimum Gasteiger partial charge on any atom is -0.224 e. The van der Waals surface area contributed by atoms with Crippen molar-refractivity contribution in [3.63, 3.8) is 0 Å². The molecular formula is C15H21O2S. The minimum atomic E-state index is -3.08. The van der Waals surface area contributed by atoms with Gasteiger partial charge in [-0.15, -0.1) is 0 Å². The molecule has 1 unspecified atom stereocenters. The van der Waals surface area contributed by atoms with E-state index in [0.717, 1.165) is 5.56 Å². The van der Waals surface area contributed by atoms with Gasteiger partial charge >= 0.3 is 0 Å². The fourth-order valence-electron chi connectivity index (χ4n) is 2.72. The minimum absolute atomic E-state index is 0.156. The van der Waals surface area contributed by atoms with E-state index >= 15 is 0 Å². The monoisotopic (exact) mass is 265 g/mol. The quantitative estimate of drug-likeness (QED) is 0.833. The van der Waals surface area contributed by atoms with Crippen molar-refractivity contribution in [3.8, 4) is 0 Å². The van der Waals surface area contributed by atoms with Gasteiger partial charge in [0.1, 0.15) is 0 Å². The van der Waals surface area contributed by atoms with Crippen molar-refractivity contribution in [2.45, 2.75) is 43.4 Å². The topological polar surface area (TPSA) is 34.1 Å². The van der Waals surface area contributed by atoms with Crippen LogP contribution in [0.2, 0.25) is 0 Å². The highest BCUT2D eigenvalue weighted by Gasteiger charge is 2.23. The second-order valence-electron chi connectivity index (χ2n) is 5.12. The van der Waals surface area contributed by atoms with E-state index in [0.29, 0.717) is 16.7 Å². The molecule has 0 bridgehead atoms. The summed E-state index contributed by atoms with van der Waals surface area (Å²) in [5.74, 6) is 1.12. The molecule has 0 N–H and O–H groups in total. The molecule has 1 saturated carbocycles. The molecule has 0 heterocycles. The standard InChI is InChI=1S/C15H21O2S/c1-3-18(16,17)15-10-8-14(9-11-15)12(2)13-6-4-5-7-13/h8-13H,2-7H2,1H3. The second-order valence-corrected chi connectivity index (χ2v) is 7.40. The summed E-state index contributed by atoms with van der Waals surface area (Å²) in [6.45, 7) is 5.93. The third-order valence-corrected chi connectivity index (χ3v) is 5.77. The summed E-state index contributed by atoms with van der Waals surface area (Å²) in [5.41, 5.74) is 1.16. The van der Waals surface area contributed by atoms with Crippen molar-refractivity contribution >= 4 is 9.84 Å². The Hall–Kier alpha value is -0.830. The van der Waals surface area contributed by atoms with Crippen LogP contribution in [-0.4, -0.2) is 14.2 Å². The van der Waals surface area contributed by atoms with E-state index in [1.54, 1.807) is 19.1 Å². The van der Waals surface area contributed by atoms with Gasteiger partial charge in [-0.1, -0.05) is 31.9 Å². The van der Waals surface area contributed by atoms with Crippen LogP contribution in [0.5, 0.6) is 0 Å². The van der Waals surface area contributed by atoms with Crippen LogP contribution in [0.25, 0.3) is 0 Å². The first-order chi connectivity index (χ1) is 8.54. The van der Waals surface area contributed by atoms with E-state index in [9.17, 15) is 8.42 Å². The van der Waals surface area contributed by atoms with Crippen LogP contribution >= 0.6 is 0 Å². The number of benzene rings is 1. The van der Waals surface area contributed by atoms with Gasteiger partial charge < -0.3 is 0 Å². The number of hydrogen-bond donors (Lipinski definition) is 0. The molecule has 0 saturated heterocycles. The van der Waals surface area contributed by atoms with E-state index < -0.39 is 9.84 Å². The molecule has 1 fully saturated rings. The van der Waals surface area contributed by atoms with Crippen molar-refractivity contribution in [3.05, 3.63) is 36.8 Å². The van der Waals surface area contributed by atoms with E-state index in [2.05, 4.69) is 6.92 Å². The van der Waals surface area contributed by atoms with E-state index in [1.807, 2.05) is 12.1 Å². The molecule has 0 spiro atoms. The Morgan fingerprint density at radius 3 is 2.28 bits per heavy atom. The number of hydrogen-bond acceptors (Lipinski definition) is 2.